The number of ether oxygens (including phenoxy) is 2. The molecule has 1 aliphatic rings. The van der Waals surface area contributed by atoms with Gasteiger partial charge in [0.15, 0.2) is 0 Å². The summed E-state index contributed by atoms with van der Waals surface area (Å²) in [7, 11) is 3.18. The third-order valence-corrected chi connectivity index (χ3v) is 5.29. The Morgan fingerprint density at radius 2 is 1.90 bits per heavy atom. The number of benzene rings is 2. The first-order chi connectivity index (χ1) is 15.1. The zero-order valence-electron chi connectivity index (χ0n) is 17.5. The largest absolute Gasteiger partial charge is 0.497 e. The Hall–Kier alpha value is -3.81. The van der Waals surface area contributed by atoms with E-state index in [1.807, 2.05) is 41.1 Å². The number of anilines is 1. The number of amides is 2. The van der Waals surface area contributed by atoms with E-state index in [4.69, 9.17) is 9.47 Å². The fourth-order valence-electron chi connectivity index (χ4n) is 3.60. The maximum absolute atomic E-state index is 12.6. The molecule has 0 aliphatic carbocycles. The molecule has 160 valence electrons. The minimum atomic E-state index is -0.191. The Kier molecular flexibility index (Phi) is 5.88. The zero-order chi connectivity index (χ0) is 21.8. The fraction of sp³-hybridized carbons (Fsp3) is 0.261. The van der Waals surface area contributed by atoms with E-state index < -0.39 is 0 Å². The van der Waals surface area contributed by atoms with Crippen molar-refractivity contribution < 1.29 is 19.1 Å². The third kappa shape index (κ3) is 4.37. The highest BCUT2D eigenvalue weighted by Crippen LogP contribution is 2.24. The van der Waals surface area contributed by atoms with Crippen LogP contribution in [-0.2, 0) is 24.4 Å². The van der Waals surface area contributed by atoms with Crippen molar-refractivity contribution in [1.29, 1.82) is 0 Å². The van der Waals surface area contributed by atoms with E-state index in [9.17, 15) is 9.59 Å². The minimum absolute atomic E-state index is 0.0713. The molecule has 2 amide bonds. The number of hydrogen-bond donors (Lipinski definition) is 1. The molecular formula is C23H24N4O4. The molecule has 4 rings (SSSR count). The topological polar surface area (TPSA) is 85.7 Å². The molecule has 2 heterocycles. The molecule has 1 N–H and O–H groups in total. The second-order valence-corrected chi connectivity index (χ2v) is 7.20. The Morgan fingerprint density at radius 3 is 2.65 bits per heavy atom. The summed E-state index contributed by atoms with van der Waals surface area (Å²) in [4.78, 5) is 26.7. The second kappa shape index (κ2) is 8.91. The molecule has 0 saturated heterocycles. The predicted molar refractivity (Wildman–Crippen MR) is 115 cm³/mol. The number of aryl methyl sites for hydroxylation is 1. The number of fused-ring (bicyclic) bond motifs is 1. The highest BCUT2D eigenvalue weighted by Gasteiger charge is 2.24. The van der Waals surface area contributed by atoms with Crippen molar-refractivity contribution >= 4 is 17.6 Å². The molecule has 8 nitrogen and oxygen atoms in total. The maximum atomic E-state index is 12.6. The van der Waals surface area contributed by atoms with Crippen LogP contribution in [0.1, 0.15) is 27.9 Å². The summed E-state index contributed by atoms with van der Waals surface area (Å²) in [6.45, 7) is 1.36. The van der Waals surface area contributed by atoms with Crippen molar-refractivity contribution in [2.24, 2.45) is 0 Å². The van der Waals surface area contributed by atoms with E-state index in [1.54, 1.807) is 37.4 Å². The van der Waals surface area contributed by atoms with E-state index in [2.05, 4.69) is 10.4 Å². The lowest BCUT2D eigenvalue weighted by Crippen LogP contribution is -2.36. The molecule has 2 aromatic carbocycles. The Labute approximate surface area is 180 Å². The summed E-state index contributed by atoms with van der Waals surface area (Å²) in [6.07, 6.45) is 2.13. The van der Waals surface area contributed by atoms with Crippen molar-refractivity contribution in [2.75, 3.05) is 19.1 Å². The van der Waals surface area contributed by atoms with Crippen LogP contribution in [0, 0.1) is 0 Å². The normalized spacial score (nSPS) is 13.0. The molecule has 0 saturated carbocycles. The van der Waals surface area contributed by atoms with Crippen molar-refractivity contribution in [3.63, 3.8) is 0 Å². The van der Waals surface area contributed by atoms with Crippen LogP contribution in [0.3, 0.4) is 0 Å². The summed E-state index contributed by atoms with van der Waals surface area (Å²) >= 11 is 0. The van der Waals surface area contributed by atoms with Gasteiger partial charge in [0.2, 0.25) is 5.91 Å². The quantitative estimate of drug-likeness (QED) is 0.635. The maximum Gasteiger partial charge on any atom is 0.251 e. The Morgan fingerprint density at radius 1 is 1.10 bits per heavy atom. The lowest BCUT2D eigenvalue weighted by atomic mass is 10.1. The van der Waals surface area contributed by atoms with Crippen molar-refractivity contribution in [3.05, 3.63) is 71.4 Å². The molecule has 8 heteroatoms. The fourth-order valence-corrected chi connectivity index (χ4v) is 3.60. The van der Waals surface area contributed by atoms with Gasteiger partial charge in [-0.3, -0.25) is 14.5 Å². The van der Waals surface area contributed by atoms with Crippen LogP contribution in [0.5, 0.6) is 11.5 Å². The van der Waals surface area contributed by atoms with Crippen molar-refractivity contribution in [1.82, 2.24) is 15.1 Å². The van der Waals surface area contributed by atoms with E-state index >= 15 is 0 Å². The van der Waals surface area contributed by atoms with E-state index in [-0.39, 0.29) is 11.8 Å². The number of rotatable bonds is 7. The number of hydrogen-bond acceptors (Lipinski definition) is 5. The Balaban J connectivity index is 1.41. The van der Waals surface area contributed by atoms with Gasteiger partial charge in [-0.1, -0.05) is 12.1 Å². The summed E-state index contributed by atoms with van der Waals surface area (Å²) in [5.74, 6) is 2.06. The summed E-state index contributed by atoms with van der Waals surface area (Å²) in [5, 5.41) is 7.15. The standard InChI is InChI=1S/C23H24N4O4/c1-30-19-7-8-20(31-2)18(13-19)14-24-23(29)17-5-3-16(4-6-17)15-26-21-9-11-25-27(21)12-10-22(26)28/h3-9,11,13H,10,12,14-15H2,1-2H3,(H,24,29). The molecule has 0 radical (unpaired) electrons. The predicted octanol–water partition coefficient (Wildman–Crippen LogP) is 2.77. The zero-order valence-corrected chi connectivity index (χ0v) is 17.5. The first kappa shape index (κ1) is 20.5. The number of aromatic nitrogens is 2. The number of carbonyl (C=O) groups is 2. The van der Waals surface area contributed by atoms with Crippen molar-refractivity contribution in [3.8, 4) is 11.5 Å². The molecule has 0 unspecified atom stereocenters. The molecule has 0 atom stereocenters. The van der Waals surface area contributed by atoms with Crippen LogP contribution >= 0.6 is 0 Å². The average molecular weight is 420 g/mol. The van der Waals surface area contributed by atoms with E-state index in [0.717, 1.165) is 16.9 Å². The second-order valence-electron chi connectivity index (χ2n) is 7.20. The van der Waals surface area contributed by atoms with Gasteiger partial charge in [-0.15, -0.1) is 0 Å². The van der Waals surface area contributed by atoms with Crippen LogP contribution in [0.25, 0.3) is 0 Å². The molecule has 0 bridgehead atoms. The molecular weight excluding hydrogens is 396 g/mol. The summed E-state index contributed by atoms with van der Waals surface area (Å²) in [5.41, 5.74) is 2.31. The summed E-state index contributed by atoms with van der Waals surface area (Å²) < 4.78 is 12.4. The SMILES string of the molecule is COc1ccc(OC)c(CNC(=O)c2ccc(CN3C(=O)CCn4nccc43)cc2)c1. The van der Waals surface area contributed by atoms with Gasteiger partial charge < -0.3 is 14.8 Å². The lowest BCUT2D eigenvalue weighted by molar-refractivity contribution is -0.119. The van der Waals surface area contributed by atoms with Gasteiger partial charge in [-0.2, -0.15) is 5.10 Å². The monoisotopic (exact) mass is 420 g/mol. The third-order valence-electron chi connectivity index (χ3n) is 5.29. The first-order valence-electron chi connectivity index (χ1n) is 9.99. The molecule has 0 spiro atoms. The van der Waals surface area contributed by atoms with Gasteiger partial charge in [0, 0.05) is 30.2 Å². The van der Waals surface area contributed by atoms with E-state index in [1.165, 1.54) is 0 Å². The van der Waals surface area contributed by atoms with Crippen LogP contribution in [-0.4, -0.2) is 35.8 Å². The lowest BCUT2D eigenvalue weighted by Gasteiger charge is -2.27. The summed E-state index contributed by atoms with van der Waals surface area (Å²) in [6, 6.07) is 14.5. The van der Waals surface area contributed by atoms with Gasteiger partial charge in [0.05, 0.1) is 33.5 Å². The molecule has 31 heavy (non-hydrogen) atoms. The number of nitrogens with one attached hydrogen (secondary N) is 1. The van der Waals surface area contributed by atoms with Crippen LogP contribution in [0.4, 0.5) is 5.82 Å². The molecule has 1 aliphatic heterocycles. The smallest absolute Gasteiger partial charge is 0.251 e. The van der Waals surface area contributed by atoms with Crippen LogP contribution in [0.15, 0.2) is 54.7 Å². The van der Waals surface area contributed by atoms with Gasteiger partial charge in [0.1, 0.15) is 17.3 Å². The first-order valence-corrected chi connectivity index (χ1v) is 9.99. The number of carbonyl (C=O) groups excluding carboxylic acids is 2. The van der Waals surface area contributed by atoms with Gasteiger partial charge in [-0.05, 0) is 35.9 Å². The van der Waals surface area contributed by atoms with Crippen molar-refractivity contribution in [2.45, 2.75) is 26.1 Å². The highest BCUT2D eigenvalue weighted by atomic mass is 16.5. The molecule has 0 fully saturated rings. The number of methoxy groups -OCH3 is 2. The van der Waals surface area contributed by atoms with Crippen LogP contribution in [0.2, 0.25) is 0 Å². The van der Waals surface area contributed by atoms with Gasteiger partial charge >= 0.3 is 0 Å². The van der Waals surface area contributed by atoms with Gasteiger partial charge in [0.25, 0.3) is 5.91 Å². The van der Waals surface area contributed by atoms with Crippen LogP contribution < -0.4 is 19.7 Å². The molecule has 3 aromatic rings. The number of nitrogens with zero attached hydrogens (tertiary/aromatic N) is 3. The highest BCUT2D eigenvalue weighted by molar-refractivity contribution is 5.95. The average Bonchev–Trinajstić information content (AvgIpc) is 3.28. The van der Waals surface area contributed by atoms with E-state index in [0.29, 0.717) is 43.1 Å². The molecule has 1 aromatic heterocycles. The van der Waals surface area contributed by atoms with Gasteiger partial charge in [-0.25, -0.2) is 4.68 Å². The minimum Gasteiger partial charge on any atom is -0.497 e. The Bertz CT molecular complexity index is 1090.